The van der Waals surface area contributed by atoms with Gasteiger partial charge in [0, 0.05) is 18.7 Å². The summed E-state index contributed by atoms with van der Waals surface area (Å²) >= 11 is 0. The molecular weight excluding hydrogens is 664 g/mol. The molecule has 0 saturated heterocycles. The second-order valence-corrected chi connectivity index (χ2v) is 10.1. The highest BCUT2D eigenvalue weighted by molar-refractivity contribution is 5.93. The Hall–Kier alpha value is -4.14. The van der Waals surface area contributed by atoms with Crippen LogP contribution in [0.5, 0.6) is 11.8 Å². The molecule has 3 aromatic rings. The number of para-hydroxylation sites is 2. The molecular formula is C32H46N4O14. The Labute approximate surface area is 288 Å². The molecule has 0 saturated carbocycles. The summed E-state index contributed by atoms with van der Waals surface area (Å²) in [6, 6.07) is 9.38. The summed E-state index contributed by atoms with van der Waals surface area (Å²) in [5.74, 6) is -2.00. The number of ether oxygens (including phenoxy) is 8. The highest BCUT2D eigenvalue weighted by Gasteiger charge is 2.14. The number of amides is 1. The van der Waals surface area contributed by atoms with Crippen molar-refractivity contribution in [3.8, 4) is 11.8 Å². The summed E-state index contributed by atoms with van der Waals surface area (Å²) in [6.45, 7) is 6.15. The number of nitrogens with zero attached hydrogens (tertiary/aromatic N) is 2. The summed E-state index contributed by atoms with van der Waals surface area (Å²) in [6.07, 6.45) is -0.0559. The predicted octanol–water partition coefficient (Wildman–Crippen LogP) is 0.0439. The van der Waals surface area contributed by atoms with Crippen LogP contribution in [-0.2, 0) is 42.7 Å². The van der Waals surface area contributed by atoms with Crippen LogP contribution in [0.1, 0.15) is 16.9 Å². The molecule has 1 amide bonds. The number of benzene rings is 1. The first-order valence-electron chi connectivity index (χ1n) is 16.2. The number of nitrogens with one attached hydrogen (secondary N) is 2. The number of hydrogen-bond donors (Lipinski definition) is 4. The Morgan fingerprint density at radius 3 is 1.58 bits per heavy atom. The number of H-pyrrole nitrogens is 1. The molecule has 18 nitrogen and oxygen atoms in total. The second-order valence-electron chi connectivity index (χ2n) is 10.1. The van der Waals surface area contributed by atoms with E-state index in [1.54, 1.807) is 24.3 Å². The van der Waals surface area contributed by atoms with E-state index >= 15 is 0 Å². The average molecular weight is 711 g/mol. The minimum atomic E-state index is -0.668. The van der Waals surface area contributed by atoms with E-state index < -0.39 is 17.4 Å². The van der Waals surface area contributed by atoms with Crippen LogP contribution in [0, 0.1) is 0 Å². The lowest BCUT2D eigenvalue weighted by molar-refractivity contribution is -0.146. The topological polar surface area (TPSA) is 220 Å². The number of aromatic nitrogens is 3. The molecule has 0 aliphatic carbocycles. The fourth-order valence-electron chi connectivity index (χ4n) is 3.94. The summed E-state index contributed by atoms with van der Waals surface area (Å²) in [5, 5.41) is 21.5. The summed E-state index contributed by atoms with van der Waals surface area (Å²) in [4.78, 5) is 47.6. The fraction of sp³-hybridized carbons (Fsp3) is 0.562. The molecule has 3 rings (SSSR count). The number of carbonyl (C=O) groups is 2. The molecule has 50 heavy (non-hydrogen) atoms. The molecule has 278 valence electrons. The fourth-order valence-corrected chi connectivity index (χ4v) is 3.94. The van der Waals surface area contributed by atoms with E-state index in [9.17, 15) is 24.6 Å². The first-order valence-corrected chi connectivity index (χ1v) is 16.2. The maximum atomic E-state index is 12.3. The highest BCUT2D eigenvalue weighted by atomic mass is 16.7. The quantitative estimate of drug-likeness (QED) is 0.0699. The standard InChI is InChI=1S/C32H46N4O14/c37-27-5-6-28(38)36(27)50-29(39)7-9-42-11-13-44-15-17-46-19-21-48-23-24-49-22-20-47-18-16-45-14-12-43-10-8-33-31(40)30-32(41)35-26-4-2-1-3-25(26)34-30/h1-6,37-38H,7-24H2,(H,33,40)(H,35,41). The van der Waals surface area contributed by atoms with E-state index in [1.165, 1.54) is 12.1 Å². The third kappa shape index (κ3) is 16.5. The molecule has 2 heterocycles. The van der Waals surface area contributed by atoms with E-state index in [2.05, 4.69) is 15.3 Å². The van der Waals surface area contributed by atoms with Crippen LogP contribution in [0.2, 0.25) is 0 Å². The molecule has 0 aliphatic heterocycles. The molecule has 0 spiro atoms. The normalized spacial score (nSPS) is 11.3. The minimum Gasteiger partial charge on any atom is -0.492 e. The van der Waals surface area contributed by atoms with Gasteiger partial charge in [0.1, 0.15) is 0 Å². The summed E-state index contributed by atoms with van der Waals surface area (Å²) in [5.41, 5.74) is 0.370. The van der Waals surface area contributed by atoms with Crippen LogP contribution in [0.3, 0.4) is 0 Å². The number of hydrogen-bond acceptors (Lipinski definition) is 15. The van der Waals surface area contributed by atoms with Gasteiger partial charge in [-0.05, 0) is 12.1 Å². The van der Waals surface area contributed by atoms with Gasteiger partial charge >= 0.3 is 5.97 Å². The van der Waals surface area contributed by atoms with Crippen molar-refractivity contribution < 1.29 is 62.5 Å². The number of carbonyl (C=O) groups excluding carboxylic acids is 2. The van der Waals surface area contributed by atoms with E-state index in [0.29, 0.717) is 102 Å². The van der Waals surface area contributed by atoms with Crippen molar-refractivity contribution >= 4 is 22.9 Å². The van der Waals surface area contributed by atoms with Crippen molar-refractivity contribution in [2.45, 2.75) is 6.42 Å². The van der Waals surface area contributed by atoms with Gasteiger partial charge in [-0.15, -0.1) is 4.73 Å². The maximum Gasteiger partial charge on any atom is 0.335 e. The van der Waals surface area contributed by atoms with Gasteiger partial charge in [-0.3, -0.25) is 9.59 Å². The van der Waals surface area contributed by atoms with Crippen LogP contribution in [0.15, 0.2) is 41.2 Å². The molecule has 0 unspecified atom stereocenters. The van der Waals surface area contributed by atoms with E-state index in [1.807, 2.05) is 0 Å². The smallest absolute Gasteiger partial charge is 0.335 e. The van der Waals surface area contributed by atoms with Gasteiger partial charge in [0.25, 0.3) is 11.5 Å². The molecule has 0 fully saturated rings. The van der Waals surface area contributed by atoms with Crippen LogP contribution in [0.25, 0.3) is 11.0 Å². The third-order valence-electron chi connectivity index (χ3n) is 6.39. The first-order chi connectivity index (χ1) is 24.5. The zero-order valence-corrected chi connectivity index (χ0v) is 27.9. The summed E-state index contributed by atoms with van der Waals surface area (Å²) in [7, 11) is 0. The van der Waals surface area contributed by atoms with E-state index in [4.69, 9.17) is 42.7 Å². The van der Waals surface area contributed by atoms with Crippen molar-refractivity contribution in [1.29, 1.82) is 0 Å². The zero-order valence-electron chi connectivity index (χ0n) is 27.9. The van der Waals surface area contributed by atoms with Crippen molar-refractivity contribution in [1.82, 2.24) is 20.0 Å². The Morgan fingerprint density at radius 1 is 0.640 bits per heavy atom. The van der Waals surface area contributed by atoms with Crippen LogP contribution >= 0.6 is 0 Å². The first kappa shape index (κ1) is 40.3. The van der Waals surface area contributed by atoms with Gasteiger partial charge in [0.2, 0.25) is 11.8 Å². The Bertz CT molecular complexity index is 1430. The van der Waals surface area contributed by atoms with Gasteiger partial charge in [0.15, 0.2) is 5.69 Å². The third-order valence-corrected chi connectivity index (χ3v) is 6.39. The SMILES string of the molecule is O=C(CCOCCOCCOCCOCCOCCOCCOCCOCCNC(=O)c1nc2ccccc2[nH]c1=O)On1c(O)ccc1O. The van der Waals surface area contributed by atoms with Crippen molar-refractivity contribution in [2.24, 2.45) is 0 Å². The van der Waals surface area contributed by atoms with Crippen LogP contribution in [0.4, 0.5) is 0 Å². The molecule has 1 aromatic carbocycles. The van der Waals surface area contributed by atoms with Gasteiger partial charge in [-0.2, -0.15) is 0 Å². The molecule has 0 atom stereocenters. The lowest BCUT2D eigenvalue weighted by Crippen LogP contribution is -2.33. The Balaban J connectivity index is 0.971. The molecule has 4 N–H and O–H groups in total. The number of rotatable bonds is 29. The number of aromatic hydroxyl groups is 2. The molecule has 18 heteroatoms. The number of aromatic amines is 1. The maximum absolute atomic E-state index is 12.3. The summed E-state index contributed by atoms with van der Waals surface area (Å²) < 4.78 is 43.9. The highest BCUT2D eigenvalue weighted by Crippen LogP contribution is 2.18. The molecule has 2 aromatic heterocycles. The monoisotopic (exact) mass is 710 g/mol. The van der Waals surface area contributed by atoms with Crippen LogP contribution < -0.4 is 15.7 Å². The van der Waals surface area contributed by atoms with Gasteiger partial charge in [-0.25, -0.2) is 9.78 Å². The van der Waals surface area contributed by atoms with E-state index in [-0.39, 0.29) is 50.2 Å². The Morgan fingerprint density at radius 2 is 1.08 bits per heavy atom. The molecule has 0 bridgehead atoms. The zero-order chi connectivity index (χ0) is 35.7. The van der Waals surface area contributed by atoms with Crippen molar-refractivity contribution in [3.05, 3.63) is 52.4 Å². The van der Waals surface area contributed by atoms with Gasteiger partial charge in [0.05, 0.1) is 123 Å². The van der Waals surface area contributed by atoms with Crippen molar-refractivity contribution in [2.75, 3.05) is 112 Å². The van der Waals surface area contributed by atoms with Crippen molar-refractivity contribution in [3.63, 3.8) is 0 Å². The lowest BCUT2D eigenvalue weighted by Gasteiger charge is -2.09. The van der Waals surface area contributed by atoms with E-state index in [0.717, 1.165) is 0 Å². The molecule has 0 aliphatic rings. The lowest BCUT2D eigenvalue weighted by atomic mass is 10.3. The predicted molar refractivity (Wildman–Crippen MR) is 175 cm³/mol. The van der Waals surface area contributed by atoms with Gasteiger partial charge in [-0.1, -0.05) is 12.1 Å². The van der Waals surface area contributed by atoms with Crippen LogP contribution in [-0.4, -0.2) is 149 Å². The average Bonchev–Trinajstić information content (AvgIpc) is 3.42. The molecule has 0 radical (unpaired) electrons. The second kappa shape index (κ2) is 24.9. The van der Waals surface area contributed by atoms with Gasteiger partial charge < -0.3 is 63.2 Å². The Kier molecular flexibility index (Phi) is 20.1. The minimum absolute atomic E-state index is 0.0559. The number of fused-ring (bicyclic) bond motifs is 1. The largest absolute Gasteiger partial charge is 0.492 e.